The van der Waals surface area contributed by atoms with Crippen LogP contribution in [0.2, 0.25) is 0 Å². The fourth-order valence-corrected chi connectivity index (χ4v) is 2.12. The molecular formula is C13H12O4S. The van der Waals surface area contributed by atoms with E-state index in [0.717, 1.165) is 0 Å². The van der Waals surface area contributed by atoms with Gasteiger partial charge in [-0.2, -0.15) is 0 Å². The molecule has 0 aliphatic heterocycles. The zero-order valence-electron chi connectivity index (χ0n) is 9.66. The number of phenolic OH excluding ortho intramolecular Hbond substituents is 1. The molecule has 0 amide bonds. The molecule has 0 radical (unpaired) electrons. The molecule has 0 unspecified atom stereocenters. The van der Waals surface area contributed by atoms with E-state index in [0.29, 0.717) is 16.9 Å². The molecule has 0 spiro atoms. The van der Waals surface area contributed by atoms with E-state index in [-0.39, 0.29) is 10.6 Å². The van der Waals surface area contributed by atoms with Crippen molar-refractivity contribution >= 4 is 10.7 Å². The second kappa shape index (κ2) is 5.10. The van der Waals surface area contributed by atoms with Crippen molar-refractivity contribution in [2.75, 3.05) is 7.11 Å². The van der Waals surface area contributed by atoms with Crippen molar-refractivity contribution in [3.05, 3.63) is 42.5 Å². The molecule has 0 bridgehead atoms. The highest BCUT2D eigenvalue weighted by Gasteiger charge is 2.07. The summed E-state index contributed by atoms with van der Waals surface area (Å²) >= 11 is 0. The fraction of sp³-hybridized carbons (Fsp3) is 0.0769. The summed E-state index contributed by atoms with van der Waals surface area (Å²) in [5, 5.41) is 9.87. The van der Waals surface area contributed by atoms with Gasteiger partial charge in [-0.05, 0) is 29.8 Å². The van der Waals surface area contributed by atoms with E-state index in [2.05, 4.69) is 0 Å². The minimum atomic E-state index is -2.63. The predicted octanol–water partition coefficient (Wildman–Crippen LogP) is 2.04. The number of thiol groups is 1. The van der Waals surface area contributed by atoms with Gasteiger partial charge in [0, 0.05) is 11.6 Å². The van der Waals surface area contributed by atoms with Gasteiger partial charge in [0.2, 0.25) is 0 Å². The van der Waals surface area contributed by atoms with Crippen LogP contribution in [0.4, 0.5) is 0 Å². The molecular weight excluding hydrogens is 252 g/mol. The molecule has 0 heterocycles. The first-order valence-corrected chi connectivity index (χ1v) is 6.41. The summed E-state index contributed by atoms with van der Waals surface area (Å²) in [5.74, 6) is 0.593. The largest absolute Gasteiger partial charge is 0.507 e. The fourth-order valence-electron chi connectivity index (χ4n) is 1.67. The highest BCUT2D eigenvalue weighted by atomic mass is 32.2. The number of hydrogen-bond acceptors (Lipinski definition) is 4. The summed E-state index contributed by atoms with van der Waals surface area (Å²) in [6.07, 6.45) is 0. The van der Waals surface area contributed by atoms with Gasteiger partial charge >= 0.3 is 0 Å². The van der Waals surface area contributed by atoms with Crippen LogP contribution in [0.25, 0.3) is 11.1 Å². The molecule has 0 aromatic heterocycles. The Morgan fingerprint density at radius 3 is 2.50 bits per heavy atom. The average Bonchev–Trinajstić information content (AvgIpc) is 2.38. The average molecular weight is 264 g/mol. The molecule has 0 saturated heterocycles. The molecule has 4 nitrogen and oxygen atoms in total. The molecule has 5 heteroatoms. The molecule has 1 N–H and O–H groups in total. The van der Waals surface area contributed by atoms with Crippen LogP contribution >= 0.6 is 0 Å². The minimum absolute atomic E-state index is 0.0487. The van der Waals surface area contributed by atoms with Crippen LogP contribution in [-0.4, -0.2) is 20.6 Å². The normalized spacial score (nSPS) is 10.6. The van der Waals surface area contributed by atoms with Crippen LogP contribution < -0.4 is 4.74 Å². The third kappa shape index (κ3) is 2.46. The molecule has 2 rings (SSSR count). The molecule has 0 aliphatic carbocycles. The van der Waals surface area contributed by atoms with Gasteiger partial charge in [0.05, 0.1) is 12.0 Å². The van der Waals surface area contributed by atoms with E-state index >= 15 is 0 Å². The SMILES string of the molecule is COc1ccc(-c2cccc([SH](=O)=O)c2)c(O)c1. The zero-order chi connectivity index (χ0) is 13.1. The molecule has 2 aromatic rings. The van der Waals surface area contributed by atoms with E-state index < -0.39 is 10.7 Å². The molecule has 0 atom stereocenters. The Morgan fingerprint density at radius 2 is 1.89 bits per heavy atom. The van der Waals surface area contributed by atoms with Gasteiger partial charge in [-0.25, -0.2) is 8.42 Å². The number of hydrogen-bond donors (Lipinski definition) is 2. The lowest BCUT2D eigenvalue weighted by Gasteiger charge is -2.07. The maximum absolute atomic E-state index is 10.9. The number of phenols is 1. The highest BCUT2D eigenvalue weighted by molar-refractivity contribution is 7.72. The van der Waals surface area contributed by atoms with Crippen molar-refractivity contribution in [3.8, 4) is 22.6 Å². The van der Waals surface area contributed by atoms with Crippen LogP contribution in [0.1, 0.15) is 0 Å². The number of aromatic hydroxyl groups is 1. The van der Waals surface area contributed by atoms with Crippen molar-refractivity contribution < 1.29 is 18.3 Å². The number of rotatable bonds is 3. The molecule has 0 aliphatic rings. The summed E-state index contributed by atoms with van der Waals surface area (Å²) < 4.78 is 26.8. The number of benzene rings is 2. The maximum Gasteiger partial charge on any atom is 0.168 e. The predicted molar refractivity (Wildman–Crippen MR) is 68.7 cm³/mol. The van der Waals surface area contributed by atoms with Gasteiger partial charge in [0.15, 0.2) is 10.7 Å². The Balaban J connectivity index is 2.51. The summed E-state index contributed by atoms with van der Waals surface area (Å²) in [5.41, 5.74) is 1.21. The van der Waals surface area contributed by atoms with Crippen LogP contribution in [0.15, 0.2) is 47.4 Å². The number of methoxy groups -OCH3 is 1. The van der Waals surface area contributed by atoms with Crippen LogP contribution in [-0.2, 0) is 10.7 Å². The minimum Gasteiger partial charge on any atom is -0.507 e. The van der Waals surface area contributed by atoms with E-state index in [1.54, 1.807) is 24.3 Å². The molecule has 18 heavy (non-hydrogen) atoms. The Kier molecular flexibility index (Phi) is 3.53. The van der Waals surface area contributed by atoms with Crippen molar-refractivity contribution in [1.82, 2.24) is 0 Å². The van der Waals surface area contributed by atoms with Crippen molar-refractivity contribution in [2.24, 2.45) is 0 Å². The quantitative estimate of drug-likeness (QED) is 0.833. The second-order valence-corrected chi connectivity index (χ2v) is 4.72. The lowest BCUT2D eigenvalue weighted by Crippen LogP contribution is -1.86. The first-order chi connectivity index (χ1) is 8.61. The van der Waals surface area contributed by atoms with Gasteiger partial charge < -0.3 is 9.84 Å². The molecule has 0 fully saturated rings. The Morgan fingerprint density at radius 1 is 1.11 bits per heavy atom. The topological polar surface area (TPSA) is 63.6 Å². The van der Waals surface area contributed by atoms with Gasteiger partial charge in [-0.3, -0.25) is 0 Å². The van der Waals surface area contributed by atoms with Gasteiger partial charge in [-0.1, -0.05) is 12.1 Å². The summed E-state index contributed by atoms with van der Waals surface area (Å²) in [4.78, 5) is 0.220. The number of ether oxygens (including phenoxy) is 1. The van der Waals surface area contributed by atoms with Gasteiger partial charge in [0.25, 0.3) is 0 Å². The van der Waals surface area contributed by atoms with E-state index in [1.807, 2.05) is 0 Å². The third-order valence-electron chi connectivity index (χ3n) is 2.57. The highest BCUT2D eigenvalue weighted by Crippen LogP contribution is 2.32. The van der Waals surface area contributed by atoms with E-state index in [4.69, 9.17) is 4.74 Å². The maximum atomic E-state index is 10.9. The van der Waals surface area contributed by atoms with Crippen LogP contribution in [0, 0.1) is 0 Å². The summed E-state index contributed by atoms with van der Waals surface area (Å²) in [6, 6.07) is 11.3. The lowest BCUT2D eigenvalue weighted by molar-refractivity contribution is 0.408. The summed E-state index contributed by atoms with van der Waals surface area (Å²) in [6.45, 7) is 0. The standard InChI is InChI=1S/C13H12O4S/c1-17-10-5-6-12(13(14)8-10)9-3-2-4-11(7-9)18(15)16/h2-8,14,18H,1H3. The van der Waals surface area contributed by atoms with Crippen LogP contribution in [0.3, 0.4) is 0 Å². The summed E-state index contributed by atoms with van der Waals surface area (Å²) in [7, 11) is -1.12. The smallest absolute Gasteiger partial charge is 0.168 e. The zero-order valence-corrected chi connectivity index (χ0v) is 10.6. The van der Waals surface area contributed by atoms with Crippen molar-refractivity contribution in [2.45, 2.75) is 4.90 Å². The molecule has 94 valence electrons. The Labute approximate surface area is 106 Å². The van der Waals surface area contributed by atoms with Gasteiger partial charge in [0.1, 0.15) is 11.5 Å². The van der Waals surface area contributed by atoms with Crippen molar-refractivity contribution in [1.29, 1.82) is 0 Å². The Bertz CT molecular complexity index is 639. The first kappa shape index (κ1) is 12.4. The van der Waals surface area contributed by atoms with Crippen molar-refractivity contribution in [3.63, 3.8) is 0 Å². The second-order valence-electron chi connectivity index (χ2n) is 3.69. The Hall–Kier alpha value is -2.01. The molecule has 0 saturated carbocycles. The third-order valence-corrected chi connectivity index (χ3v) is 3.27. The van der Waals surface area contributed by atoms with Gasteiger partial charge in [-0.15, -0.1) is 0 Å². The monoisotopic (exact) mass is 264 g/mol. The van der Waals surface area contributed by atoms with E-state index in [1.165, 1.54) is 25.3 Å². The lowest BCUT2D eigenvalue weighted by atomic mass is 10.0. The first-order valence-electron chi connectivity index (χ1n) is 5.23. The van der Waals surface area contributed by atoms with Crippen LogP contribution in [0.5, 0.6) is 11.5 Å². The molecule has 2 aromatic carbocycles. The van der Waals surface area contributed by atoms with E-state index in [9.17, 15) is 13.5 Å².